The number of hydrogen-bond acceptors (Lipinski definition) is 4. The SMILES string of the molecule is O=C1N2CCc3cc4c(cc3[C@]2(c2ccccc2)C[C@@]1(O)c1ccccc1)OCO4. The molecular formula is C25H21NO4. The third-order valence-electron chi connectivity index (χ3n) is 6.72. The molecule has 0 aromatic heterocycles. The van der Waals surface area contributed by atoms with Gasteiger partial charge in [-0.3, -0.25) is 4.79 Å². The highest BCUT2D eigenvalue weighted by molar-refractivity contribution is 5.91. The molecule has 30 heavy (non-hydrogen) atoms. The first-order valence-electron chi connectivity index (χ1n) is 10.2. The van der Waals surface area contributed by atoms with Gasteiger partial charge in [0.1, 0.15) is 0 Å². The van der Waals surface area contributed by atoms with Crippen LogP contribution in [0, 0.1) is 0 Å². The van der Waals surface area contributed by atoms with E-state index in [2.05, 4.69) is 0 Å². The third kappa shape index (κ3) is 2.18. The molecule has 3 aliphatic rings. The van der Waals surface area contributed by atoms with Crippen LogP contribution in [0.25, 0.3) is 0 Å². The molecule has 0 bridgehead atoms. The lowest BCUT2D eigenvalue weighted by Crippen LogP contribution is -2.49. The molecule has 2 atom stereocenters. The molecule has 3 heterocycles. The molecule has 0 saturated carbocycles. The van der Waals surface area contributed by atoms with Gasteiger partial charge in [0, 0.05) is 13.0 Å². The second-order valence-electron chi connectivity index (χ2n) is 8.20. The number of carbonyl (C=O) groups is 1. The Labute approximate surface area is 174 Å². The Morgan fingerprint density at radius 2 is 1.50 bits per heavy atom. The number of hydrogen-bond donors (Lipinski definition) is 1. The van der Waals surface area contributed by atoms with Crippen molar-refractivity contribution in [2.45, 2.75) is 24.0 Å². The second-order valence-corrected chi connectivity index (χ2v) is 8.20. The van der Waals surface area contributed by atoms with E-state index in [0.29, 0.717) is 24.3 Å². The summed E-state index contributed by atoms with van der Waals surface area (Å²) < 4.78 is 11.3. The van der Waals surface area contributed by atoms with Crippen molar-refractivity contribution in [3.63, 3.8) is 0 Å². The van der Waals surface area contributed by atoms with Crippen molar-refractivity contribution >= 4 is 5.91 Å². The Bertz CT molecular complexity index is 1150. The second kappa shape index (κ2) is 6.09. The van der Waals surface area contributed by atoms with Crippen LogP contribution in [-0.4, -0.2) is 29.3 Å². The molecule has 6 rings (SSSR count). The Hall–Kier alpha value is -3.31. The zero-order valence-electron chi connectivity index (χ0n) is 16.4. The molecule has 3 aromatic rings. The van der Waals surface area contributed by atoms with Crippen LogP contribution in [0.2, 0.25) is 0 Å². The van der Waals surface area contributed by atoms with Crippen LogP contribution in [0.4, 0.5) is 0 Å². The molecule has 3 aliphatic heterocycles. The number of aliphatic hydroxyl groups is 1. The van der Waals surface area contributed by atoms with Gasteiger partial charge >= 0.3 is 0 Å². The monoisotopic (exact) mass is 399 g/mol. The number of nitrogens with zero attached hydrogens (tertiary/aromatic N) is 1. The Balaban J connectivity index is 1.62. The maximum absolute atomic E-state index is 13.7. The Morgan fingerprint density at radius 3 is 2.20 bits per heavy atom. The number of carbonyl (C=O) groups excluding carboxylic acids is 1. The van der Waals surface area contributed by atoms with Crippen LogP contribution >= 0.6 is 0 Å². The summed E-state index contributed by atoms with van der Waals surface area (Å²) in [5.74, 6) is 1.18. The molecule has 0 spiro atoms. The number of amides is 1. The average Bonchev–Trinajstić information content (AvgIpc) is 3.35. The average molecular weight is 399 g/mol. The minimum atomic E-state index is -1.59. The molecule has 5 nitrogen and oxygen atoms in total. The molecule has 3 aromatic carbocycles. The highest BCUT2D eigenvalue weighted by Gasteiger charge is 2.62. The summed E-state index contributed by atoms with van der Waals surface area (Å²) in [6.45, 7) is 0.739. The first-order valence-corrected chi connectivity index (χ1v) is 10.2. The van der Waals surface area contributed by atoms with E-state index >= 15 is 0 Å². The van der Waals surface area contributed by atoms with Gasteiger partial charge < -0.3 is 19.5 Å². The van der Waals surface area contributed by atoms with E-state index in [1.54, 1.807) is 0 Å². The predicted octanol–water partition coefficient (Wildman–Crippen LogP) is 3.34. The fraction of sp³-hybridized carbons (Fsp3) is 0.240. The lowest BCUT2D eigenvalue weighted by atomic mass is 9.72. The van der Waals surface area contributed by atoms with Crippen molar-refractivity contribution in [1.82, 2.24) is 4.90 Å². The summed E-state index contributed by atoms with van der Waals surface area (Å²) in [7, 11) is 0. The zero-order chi connectivity index (χ0) is 20.3. The van der Waals surface area contributed by atoms with Gasteiger partial charge in [-0.05, 0) is 40.8 Å². The van der Waals surface area contributed by atoms with Gasteiger partial charge in [0.2, 0.25) is 6.79 Å². The van der Waals surface area contributed by atoms with Gasteiger partial charge in [0.05, 0.1) is 5.54 Å². The lowest BCUT2D eigenvalue weighted by Gasteiger charge is -2.44. The maximum Gasteiger partial charge on any atom is 0.260 e. The van der Waals surface area contributed by atoms with E-state index in [1.165, 1.54) is 0 Å². The molecule has 1 fully saturated rings. The summed E-state index contributed by atoms with van der Waals surface area (Å²) >= 11 is 0. The molecule has 150 valence electrons. The highest BCUT2D eigenvalue weighted by Crippen LogP contribution is 2.56. The van der Waals surface area contributed by atoms with E-state index in [0.717, 1.165) is 22.4 Å². The fourth-order valence-corrected chi connectivity index (χ4v) is 5.35. The van der Waals surface area contributed by atoms with Gasteiger partial charge in [-0.1, -0.05) is 60.7 Å². The molecule has 1 saturated heterocycles. The van der Waals surface area contributed by atoms with E-state index in [-0.39, 0.29) is 19.1 Å². The minimum absolute atomic E-state index is 0.202. The van der Waals surface area contributed by atoms with Crippen molar-refractivity contribution in [1.29, 1.82) is 0 Å². The van der Waals surface area contributed by atoms with Crippen molar-refractivity contribution in [2.75, 3.05) is 13.3 Å². The predicted molar refractivity (Wildman–Crippen MR) is 110 cm³/mol. The fourth-order valence-electron chi connectivity index (χ4n) is 5.35. The topological polar surface area (TPSA) is 59.0 Å². The zero-order valence-corrected chi connectivity index (χ0v) is 16.4. The third-order valence-corrected chi connectivity index (χ3v) is 6.72. The van der Waals surface area contributed by atoms with Crippen LogP contribution < -0.4 is 9.47 Å². The molecule has 5 heteroatoms. The van der Waals surface area contributed by atoms with Crippen LogP contribution in [0.3, 0.4) is 0 Å². The minimum Gasteiger partial charge on any atom is -0.454 e. The molecule has 0 radical (unpaired) electrons. The summed E-state index contributed by atoms with van der Waals surface area (Å²) in [5.41, 5.74) is 1.40. The largest absolute Gasteiger partial charge is 0.454 e. The molecule has 0 aliphatic carbocycles. The summed E-state index contributed by atoms with van der Waals surface area (Å²) in [6.07, 6.45) is 0.955. The number of ether oxygens (including phenoxy) is 2. The van der Waals surface area contributed by atoms with Gasteiger partial charge in [0.25, 0.3) is 5.91 Å². The van der Waals surface area contributed by atoms with Crippen LogP contribution in [-0.2, 0) is 22.4 Å². The van der Waals surface area contributed by atoms with Crippen LogP contribution in [0.15, 0.2) is 72.8 Å². The van der Waals surface area contributed by atoms with E-state index in [1.807, 2.05) is 77.7 Å². The molecular weight excluding hydrogens is 378 g/mol. The standard InChI is InChI=1S/C25H21NO4/c27-23-25(28,19-9-5-2-6-10-19)15-24(18-7-3-1-4-8-18)20-14-22-21(29-16-30-22)13-17(20)11-12-26(23)24/h1-10,13-14,28H,11-12,15-16H2/t24-,25-/m1/s1. The summed E-state index contributed by atoms with van der Waals surface area (Å²) in [5, 5.41) is 11.8. The van der Waals surface area contributed by atoms with Gasteiger partial charge in [-0.15, -0.1) is 0 Å². The van der Waals surface area contributed by atoms with Gasteiger partial charge in [0.15, 0.2) is 17.1 Å². The Kier molecular flexibility index (Phi) is 3.56. The van der Waals surface area contributed by atoms with Gasteiger partial charge in [-0.2, -0.15) is 0 Å². The van der Waals surface area contributed by atoms with E-state index < -0.39 is 11.1 Å². The van der Waals surface area contributed by atoms with E-state index in [9.17, 15) is 9.90 Å². The van der Waals surface area contributed by atoms with Crippen molar-refractivity contribution in [3.8, 4) is 11.5 Å². The smallest absolute Gasteiger partial charge is 0.260 e. The van der Waals surface area contributed by atoms with Crippen molar-refractivity contribution in [2.24, 2.45) is 0 Å². The van der Waals surface area contributed by atoms with Crippen LogP contribution in [0.1, 0.15) is 28.7 Å². The molecule has 1 amide bonds. The Morgan fingerprint density at radius 1 is 0.867 bits per heavy atom. The van der Waals surface area contributed by atoms with E-state index in [4.69, 9.17) is 9.47 Å². The first-order chi connectivity index (χ1) is 14.6. The van der Waals surface area contributed by atoms with Gasteiger partial charge in [-0.25, -0.2) is 0 Å². The maximum atomic E-state index is 13.7. The summed E-state index contributed by atoms with van der Waals surface area (Å²) in [6, 6.07) is 23.3. The van der Waals surface area contributed by atoms with Crippen LogP contribution in [0.5, 0.6) is 11.5 Å². The lowest BCUT2D eigenvalue weighted by molar-refractivity contribution is -0.145. The summed E-state index contributed by atoms with van der Waals surface area (Å²) in [4.78, 5) is 15.6. The number of rotatable bonds is 2. The van der Waals surface area contributed by atoms with Crippen molar-refractivity contribution < 1.29 is 19.4 Å². The number of fused-ring (bicyclic) bond motifs is 4. The highest BCUT2D eigenvalue weighted by atomic mass is 16.7. The number of benzene rings is 3. The first kappa shape index (κ1) is 17.5. The molecule has 0 unspecified atom stereocenters. The molecule has 1 N–H and O–H groups in total. The quantitative estimate of drug-likeness (QED) is 0.718. The van der Waals surface area contributed by atoms with Crippen molar-refractivity contribution in [3.05, 3.63) is 95.1 Å². The normalized spacial score (nSPS) is 26.4.